The topological polar surface area (TPSA) is 388 Å². The summed E-state index contributed by atoms with van der Waals surface area (Å²) in [5.74, 6) is -2.42. The Kier molecular flexibility index (Phi) is 27.2. The van der Waals surface area contributed by atoms with Crippen LogP contribution < -0.4 is 32.7 Å². The monoisotopic (exact) mass is 1580 g/mol. The van der Waals surface area contributed by atoms with Gasteiger partial charge in [0, 0.05) is 33.8 Å². The summed E-state index contributed by atoms with van der Waals surface area (Å²) in [5, 5.41) is 94.8. The smallest absolute Gasteiger partial charge is 0.348 e. The first-order chi connectivity index (χ1) is 29.6. The lowest BCUT2D eigenvalue weighted by molar-refractivity contribution is -0.835. The van der Waals surface area contributed by atoms with Gasteiger partial charge >= 0.3 is 18.0 Å². The van der Waals surface area contributed by atoms with Gasteiger partial charge in [-0.1, -0.05) is 0 Å². The number of halogens is 6. The highest BCUT2D eigenvalue weighted by Gasteiger charge is 2.41. The molecular weight excluding hydrogens is 1530 g/mol. The van der Waals surface area contributed by atoms with Crippen molar-refractivity contribution in [2.45, 2.75) is 37.4 Å². The second kappa shape index (κ2) is 28.5. The van der Waals surface area contributed by atoms with E-state index in [2.05, 4.69) is 21.3 Å². The molecule has 360 valence electrons. The molecule has 0 aliphatic heterocycles. The number of urea groups is 2. The summed E-state index contributed by atoms with van der Waals surface area (Å²) in [6, 6.07) is -1.81. The number of benzene rings is 2. The SMILES string of the molecule is CC(O)C[N+](C)(CC(O)CO)C(=O)c1c(I)c(NC(N)=O)c(I)c(C(=O)NCC(O)CO)c1I.CN(CC(O)CO)C(=O)c1c(I)c(NC(N)=O)c(I)c(C(=O)NCC(O)CO)c1I. The van der Waals surface area contributed by atoms with Crippen molar-refractivity contribution in [3.8, 4) is 0 Å². The molecule has 0 aliphatic carbocycles. The fraction of sp³-hybridized carbons (Fsp3) is 0.486. The maximum absolute atomic E-state index is 13.8. The Morgan fingerprint density at radius 2 is 0.938 bits per heavy atom. The van der Waals surface area contributed by atoms with Crippen LogP contribution in [0.3, 0.4) is 0 Å². The van der Waals surface area contributed by atoms with Crippen molar-refractivity contribution in [1.29, 1.82) is 0 Å². The van der Waals surface area contributed by atoms with E-state index in [4.69, 9.17) is 26.8 Å². The highest BCUT2D eigenvalue weighted by Crippen LogP contribution is 2.38. The van der Waals surface area contributed by atoms with Crippen LogP contribution in [-0.4, -0.2) is 195 Å². The van der Waals surface area contributed by atoms with Gasteiger partial charge in [-0.3, -0.25) is 18.9 Å². The lowest BCUT2D eigenvalue weighted by Gasteiger charge is -2.35. The average Bonchev–Trinajstić information content (AvgIpc) is 3.21. The summed E-state index contributed by atoms with van der Waals surface area (Å²) in [4.78, 5) is 77.0. The molecule has 0 radical (unpaired) electrons. The summed E-state index contributed by atoms with van der Waals surface area (Å²) in [7, 11) is 2.90. The molecule has 6 atom stereocenters. The Labute approximate surface area is 448 Å². The number of nitrogens with one attached hydrogen (secondary N) is 4. The maximum Gasteiger partial charge on any atom is 0.348 e. The van der Waals surface area contributed by atoms with Gasteiger partial charge in [0.05, 0.1) is 94.1 Å². The zero-order valence-electron chi connectivity index (χ0n) is 34.0. The van der Waals surface area contributed by atoms with Gasteiger partial charge in [-0.2, -0.15) is 0 Å². The molecule has 0 spiro atoms. The van der Waals surface area contributed by atoms with Gasteiger partial charge in [0.2, 0.25) is 0 Å². The van der Waals surface area contributed by atoms with Crippen LogP contribution in [0.25, 0.3) is 0 Å². The first-order valence-electron chi connectivity index (χ1n) is 18.2. The molecule has 64 heavy (non-hydrogen) atoms. The van der Waals surface area contributed by atoms with E-state index in [0.29, 0.717) is 7.14 Å². The molecule has 23 nitrogen and oxygen atoms in total. The van der Waals surface area contributed by atoms with E-state index in [1.165, 1.54) is 25.9 Å². The van der Waals surface area contributed by atoms with Crippen molar-refractivity contribution >= 4 is 183 Å². The Morgan fingerprint density at radius 3 is 1.30 bits per heavy atom. The molecule has 8 amide bonds. The molecule has 0 saturated carbocycles. The Balaban J connectivity index is 0.000000645. The third kappa shape index (κ3) is 17.2. The van der Waals surface area contributed by atoms with Crippen LogP contribution in [0, 0.1) is 21.4 Å². The summed E-state index contributed by atoms with van der Waals surface area (Å²) in [5.41, 5.74) is 11.1. The zero-order valence-corrected chi connectivity index (χ0v) is 47.0. The molecule has 0 saturated heterocycles. The minimum Gasteiger partial charge on any atom is -0.394 e. The fourth-order valence-corrected chi connectivity index (χ4v) is 14.3. The van der Waals surface area contributed by atoms with E-state index >= 15 is 0 Å². The molecular formula is C35H49I6N8O15+. The predicted molar refractivity (Wildman–Crippen MR) is 282 cm³/mol. The van der Waals surface area contributed by atoms with Crippen molar-refractivity contribution in [1.82, 2.24) is 15.5 Å². The first kappa shape index (κ1) is 61.1. The van der Waals surface area contributed by atoms with E-state index in [1.807, 2.05) is 136 Å². The van der Waals surface area contributed by atoms with E-state index < -0.39 is 97.1 Å². The number of aliphatic hydroxyl groups is 9. The van der Waals surface area contributed by atoms with Gasteiger partial charge in [-0.05, 0) is 142 Å². The molecule has 6 unspecified atom stereocenters. The number of carbonyl (C=O) groups excluding carboxylic acids is 6. The third-order valence-corrected chi connectivity index (χ3v) is 14.9. The van der Waals surface area contributed by atoms with Gasteiger partial charge in [-0.15, -0.1) is 0 Å². The molecule has 29 heteroatoms. The van der Waals surface area contributed by atoms with E-state index in [9.17, 15) is 59.4 Å². The number of amides is 8. The summed E-state index contributed by atoms with van der Waals surface area (Å²) in [6.45, 7) is -1.73. The van der Waals surface area contributed by atoms with Gasteiger partial charge in [-0.25, -0.2) is 14.4 Å². The molecule has 2 aromatic carbocycles. The van der Waals surface area contributed by atoms with Crippen molar-refractivity contribution in [3.63, 3.8) is 0 Å². The van der Waals surface area contributed by atoms with Gasteiger partial charge in [0.25, 0.3) is 17.7 Å². The number of rotatable bonds is 20. The Bertz CT molecular complexity index is 2040. The second-order valence-electron chi connectivity index (χ2n) is 14.0. The third-order valence-electron chi connectivity index (χ3n) is 8.45. The van der Waals surface area contributed by atoms with Crippen LogP contribution in [0.5, 0.6) is 0 Å². The average molecular weight is 1580 g/mol. The zero-order chi connectivity index (χ0) is 49.5. The van der Waals surface area contributed by atoms with Gasteiger partial charge < -0.3 is 83.6 Å². The summed E-state index contributed by atoms with van der Waals surface area (Å²) in [6.07, 6.45) is -5.70. The van der Waals surface area contributed by atoms with Crippen LogP contribution >= 0.6 is 136 Å². The summed E-state index contributed by atoms with van der Waals surface area (Å²) < 4.78 is 1.24. The first-order valence-corrected chi connectivity index (χ1v) is 24.7. The molecule has 0 aliphatic rings. The normalized spacial score (nSPS) is 14.3. The number of quaternary nitrogens is 1. The molecule has 0 aromatic heterocycles. The van der Waals surface area contributed by atoms with Crippen LogP contribution in [0.1, 0.15) is 48.4 Å². The van der Waals surface area contributed by atoms with Crippen LogP contribution in [-0.2, 0) is 0 Å². The van der Waals surface area contributed by atoms with Gasteiger partial charge in [0.15, 0.2) is 0 Å². The number of likely N-dealkylation sites (N-methyl/N-ethyl adjacent to an activating group) is 2. The number of carbonyl (C=O) groups is 6. The molecule has 17 N–H and O–H groups in total. The Hall–Kier alpha value is -0.960. The van der Waals surface area contributed by atoms with Gasteiger partial charge in [0.1, 0.15) is 30.9 Å². The van der Waals surface area contributed by atoms with E-state index in [1.54, 1.807) is 0 Å². The number of anilines is 2. The van der Waals surface area contributed by atoms with Crippen molar-refractivity contribution in [2.75, 3.05) is 83.9 Å². The fourth-order valence-electron chi connectivity index (χ4n) is 5.56. The quantitative estimate of drug-likeness (QED) is 0.0553. The maximum atomic E-state index is 13.8. The molecule has 0 bridgehead atoms. The van der Waals surface area contributed by atoms with Crippen LogP contribution in [0.2, 0.25) is 0 Å². The number of primary amides is 2. The predicted octanol–water partition coefficient (Wildman–Crippen LogP) is -1.11. The minimum absolute atomic E-state index is 0.0326. The second-order valence-corrected chi connectivity index (χ2v) is 20.5. The molecule has 0 heterocycles. The highest BCUT2D eigenvalue weighted by atomic mass is 127. The van der Waals surface area contributed by atoms with Crippen molar-refractivity contribution in [2.24, 2.45) is 11.5 Å². The van der Waals surface area contributed by atoms with E-state index in [-0.39, 0.29) is 80.6 Å². The van der Waals surface area contributed by atoms with Crippen LogP contribution in [0.4, 0.5) is 21.0 Å². The number of nitrogens with two attached hydrogens (primary N) is 2. The van der Waals surface area contributed by atoms with Crippen LogP contribution in [0.15, 0.2) is 0 Å². The number of aliphatic hydroxyl groups excluding tert-OH is 9. The number of hydrogen-bond acceptors (Lipinski definition) is 15. The lowest BCUT2D eigenvalue weighted by atomic mass is 10.0. The lowest BCUT2D eigenvalue weighted by Crippen LogP contribution is -2.57. The molecule has 2 rings (SSSR count). The standard InChI is InChI=1S/C19H27I3N4O8.C16H21I3N4O7/c1-8(29)4-26(2,5-10(31)7-28)18(33)12-13(20)11(17(32)24-3-9(30)6-27)14(21)16(15(12)22)25-19(23)34;1-23(3-7(27)5-25)15(29)9-10(17)8(14(28)21-2-6(26)4-24)11(18)13(12(9)19)22-16(20)30/h8-10,27-31H,3-7H2,1-2H3,(H3-,23,24,25,32,34);6-7,24-27H,2-5H2,1H3,(H,21,28)(H3,20,22,30)/p+1. The minimum atomic E-state index is -1.25. The van der Waals surface area contributed by atoms with E-state index in [0.717, 1.165) is 0 Å². The summed E-state index contributed by atoms with van der Waals surface area (Å²) >= 11 is 11.0. The van der Waals surface area contributed by atoms with Crippen molar-refractivity contribution in [3.05, 3.63) is 43.7 Å². The molecule has 0 fully saturated rings. The number of hydrogen-bond donors (Lipinski definition) is 15. The molecule has 2 aromatic rings. The number of nitrogens with zero attached hydrogens (tertiary/aromatic N) is 2. The Morgan fingerprint density at radius 1 is 0.578 bits per heavy atom. The highest BCUT2D eigenvalue weighted by molar-refractivity contribution is 14.1. The largest absolute Gasteiger partial charge is 0.394 e. The van der Waals surface area contributed by atoms with Crippen molar-refractivity contribution < 1.29 is 79.2 Å².